The fourth-order valence-corrected chi connectivity index (χ4v) is 6.42. The lowest BCUT2D eigenvalue weighted by Gasteiger charge is -2.43. The number of pyridine rings is 1. The van der Waals surface area contributed by atoms with Crippen LogP contribution in [0.2, 0.25) is 0 Å². The highest BCUT2D eigenvalue weighted by Gasteiger charge is 2.45. The summed E-state index contributed by atoms with van der Waals surface area (Å²) < 4.78 is 15.9. The number of aromatic nitrogens is 1. The second-order valence-electron chi connectivity index (χ2n) is 11.1. The number of alkyl halides is 1. The van der Waals surface area contributed by atoms with Crippen LogP contribution in [-0.2, 0) is 24.3 Å². The lowest BCUT2D eigenvalue weighted by Crippen LogP contribution is -2.55. The number of carbonyl (C=O) groups is 1. The maximum Gasteiger partial charge on any atom is 0.260 e. The van der Waals surface area contributed by atoms with Crippen molar-refractivity contribution in [2.45, 2.75) is 56.9 Å². The van der Waals surface area contributed by atoms with Crippen molar-refractivity contribution in [3.8, 4) is 0 Å². The highest BCUT2D eigenvalue weighted by Crippen LogP contribution is 2.36. The molecule has 0 spiro atoms. The molecule has 0 bridgehead atoms. The van der Waals surface area contributed by atoms with E-state index in [1.54, 1.807) is 11.1 Å². The first-order valence-corrected chi connectivity index (χ1v) is 13.8. The Bertz CT molecular complexity index is 1300. The lowest BCUT2D eigenvalue weighted by atomic mass is 9.90. The molecule has 198 valence electrons. The third-order valence-electron chi connectivity index (χ3n) is 8.62. The van der Waals surface area contributed by atoms with Crippen molar-refractivity contribution >= 4 is 17.4 Å². The number of benzene rings is 2. The summed E-state index contributed by atoms with van der Waals surface area (Å²) in [6.45, 7) is 3.90. The van der Waals surface area contributed by atoms with Crippen LogP contribution in [0.3, 0.4) is 0 Å². The molecule has 0 radical (unpaired) electrons. The maximum absolute atomic E-state index is 15.9. The molecule has 0 unspecified atom stereocenters. The molecule has 2 aromatic carbocycles. The smallest absolute Gasteiger partial charge is 0.260 e. The van der Waals surface area contributed by atoms with E-state index in [0.717, 1.165) is 31.4 Å². The van der Waals surface area contributed by atoms with Crippen LogP contribution in [0, 0.1) is 0 Å². The topological polar surface area (TPSA) is 65.7 Å². The number of nitrogens with two attached hydrogens (primary N) is 1. The Hall–Kier alpha value is -3.45. The van der Waals surface area contributed by atoms with Gasteiger partial charge in [-0.3, -0.25) is 9.69 Å². The second kappa shape index (κ2) is 10.4. The Morgan fingerprint density at radius 2 is 1.63 bits per heavy atom. The first-order chi connectivity index (χ1) is 18.5. The first-order valence-electron chi connectivity index (χ1n) is 13.8. The minimum absolute atomic E-state index is 0.239. The highest BCUT2D eigenvalue weighted by atomic mass is 19.1. The fourth-order valence-electron chi connectivity index (χ4n) is 6.42. The minimum atomic E-state index is -1.77. The molecule has 3 aliphatic rings. The summed E-state index contributed by atoms with van der Waals surface area (Å²) in [5, 5.41) is 0. The van der Waals surface area contributed by atoms with Gasteiger partial charge in [-0.1, -0.05) is 42.5 Å². The van der Waals surface area contributed by atoms with Crippen molar-refractivity contribution in [3.05, 3.63) is 89.1 Å². The van der Waals surface area contributed by atoms with Gasteiger partial charge in [-0.25, -0.2) is 9.37 Å². The molecule has 0 aliphatic carbocycles. The Morgan fingerprint density at radius 3 is 2.37 bits per heavy atom. The van der Waals surface area contributed by atoms with Crippen LogP contribution >= 0.6 is 0 Å². The van der Waals surface area contributed by atoms with Gasteiger partial charge in [0, 0.05) is 70.0 Å². The van der Waals surface area contributed by atoms with E-state index in [4.69, 9.17) is 5.73 Å². The van der Waals surface area contributed by atoms with Crippen molar-refractivity contribution in [1.82, 2.24) is 14.8 Å². The third-order valence-corrected chi connectivity index (χ3v) is 8.62. The largest absolute Gasteiger partial charge is 0.384 e. The van der Waals surface area contributed by atoms with Gasteiger partial charge in [0.1, 0.15) is 5.82 Å². The molecule has 3 aliphatic heterocycles. The maximum atomic E-state index is 15.9. The number of rotatable bonds is 4. The van der Waals surface area contributed by atoms with Gasteiger partial charge in [0.05, 0.1) is 0 Å². The predicted molar refractivity (Wildman–Crippen MR) is 148 cm³/mol. The molecule has 7 heteroatoms. The Kier molecular flexibility index (Phi) is 6.78. The molecular formula is C31H36FN5O. The van der Waals surface area contributed by atoms with Gasteiger partial charge >= 0.3 is 0 Å². The molecule has 6 nitrogen and oxygen atoms in total. The van der Waals surface area contributed by atoms with Crippen LogP contribution in [0.5, 0.6) is 0 Å². The number of anilines is 2. The number of likely N-dealkylation sites (tertiary alicyclic amines) is 2. The zero-order valence-electron chi connectivity index (χ0n) is 21.9. The molecule has 2 N–H and O–H groups in total. The van der Waals surface area contributed by atoms with E-state index in [0.29, 0.717) is 44.6 Å². The summed E-state index contributed by atoms with van der Waals surface area (Å²) in [4.78, 5) is 23.9. The molecule has 2 fully saturated rings. The number of nitrogens with zero attached hydrogens (tertiary/aromatic N) is 4. The van der Waals surface area contributed by atoms with E-state index in [2.05, 4.69) is 63.3 Å². The first kappa shape index (κ1) is 24.9. The van der Waals surface area contributed by atoms with Gasteiger partial charge in [-0.15, -0.1) is 0 Å². The van der Waals surface area contributed by atoms with Gasteiger partial charge in [0.2, 0.25) is 0 Å². The number of para-hydroxylation sites is 1. The normalized spacial score (nSPS) is 19.9. The van der Waals surface area contributed by atoms with E-state index >= 15 is 4.39 Å². The summed E-state index contributed by atoms with van der Waals surface area (Å²) in [5.74, 6) is 0.177. The average molecular weight is 514 g/mol. The molecule has 1 amide bonds. The zero-order chi connectivity index (χ0) is 26.1. The minimum Gasteiger partial charge on any atom is -0.384 e. The summed E-state index contributed by atoms with van der Waals surface area (Å²) in [7, 11) is 0. The number of nitrogen functional groups attached to an aromatic ring is 1. The Labute approximate surface area is 224 Å². The van der Waals surface area contributed by atoms with Crippen LogP contribution in [-0.4, -0.2) is 58.6 Å². The van der Waals surface area contributed by atoms with Crippen LogP contribution in [0.1, 0.15) is 47.9 Å². The molecule has 2 saturated heterocycles. The molecule has 0 atom stereocenters. The molecular weight excluding hydrogens is 477 g/mol. The van der Waals surface area contributed by atoms with Gasteiger partial charge in [-0.2, -0.15) is 0 Å². The average Bonchev–Trinajstić information content (AvgIpc) is 3.11. The van der Waals surface area contributed by atoms with Crippen molar-refractivity contribution in [2.24, 2.45) is 0 Å². The fraction of sp³-hybridized carbons (Fsp3) is 0.419. The number of hydrogen-bond acceptors (Lipinski definition) is 5. The lowest BCUT2D eigenvalue weighted by molar-refractivity contribution is -0.148. The van der Waals surface area contributed by atoms with E-state index in [9.17, 15) is 4.79 Å². The number of halogens is 1. The van der Waals surface area contributed by atoms with Crippen LogP contribution in [0.15, 0.2) is 66.9 Å². The molecule has 38 heavy (non-hydrogen) atoms. The van der Waals surface area contributed by atoms with Crippen LogP contribution < -0.4 is 10.6 Å². The highest BCUT2D eigenvalue weighted by molar-refractivity contribution is 5.85. The third kappa shape index (κ3) is 4.99. The van der Waals surface area contributed by atoms with E-state index < -0.39 is 5.67 Å². The van der Waals surface area contributed by atoms with Crippen molar-refractivity contribution in [2.75, 3.05) is 36.8 Å². The predicted octanol–water partition coefficient (Wildman–Crippen LogP) is 4.57. The zero-order valence-corrected chi connectivity index (χ0v) is 21.9. The molecule has 3 aromatic rings. The Balaban J connectivity index is 1.08. The number of piperidine rings is 2. The van der Waals surface area contributed by atoms with E-state index in [-0.39, 0.29) is 18.7 Å². The number of hydrogen-bond donors (Lipinski definition) is 1. The monoisotopic (exact) mass is 513 g/mol. The summed E-state index contributed by atoms with van der Waals surface area (Å²) in [6.07, 6.45) is 4.83. The standard InChI is InChI=1S/C31H36FN5O/c32-31(12-17-35(18-13-31)21-23-9-14-34-29(33)19-23)30(38)36-15-10-27(11-16-36)37-22-26-7-2-1-5-24(26)20-25-6-3-4-8-28(25)37/h1-9,14,19,27H,10-13,15-18,20-22H2,(H2,33,34). The molecule has 4 heterocycles. The van der Waals surface area contributed by atoms with Crippen molar-refractivity contribution in [1.29, 1.82) is 0 Å². The number of amides is 1. The van der Waals surface area contributed by atoms with Gasteiger partial charge in [-0.05, 0) is 59.7 Å². The number of fused-ring (bicyclic) bond motifs is 2. The van der Waals surface area contributed by atoms with Crippen molar-refractivity contribution < 1.29 is 9.18 Å². The Morgan fingerprint density at radius 1 is 0.947 bits per heavy atom. The van der Waals surface area contributed by atoms with E-state index in [1.165, 1.54) is 22.4 Å². The molecule has 0 saturated carbocycles. The number of carbonyl (C=O) groups excluding carboxylic acids is 1. The summed E-state index contributed by atoms with van der Waals surface area (Å²) in [5.41, 5.74) is 10.5. The summed E-state index contributed by atoms with van der Waals surface area (Å²) >= 11 is 0. The molecule has 6 rings (SSSR count). The van der Waals surface area contributed by atoms with Crippen LogP contribution in [0.25, 0.3) is 0 Å². The van der Waals surface area contributed by atoms with Gasteiger partial charge < -0.3 is 15.5 Å². The quantitative estimate of drug-likeness (QED) is 0.554. The van der Waals surface area contributed by atoms with Crippen LogP contribution in [0.4, 0.5) is 15.9 Å². The summed E-state index contributed by atoms with van der Waals surface area (Å²) in [6, 6.07) is 21.5. The van der Waals surface area contributed by atoms with E-state index in [1.807, 2.05) is 12.1 Å². The molecule has 1 aromatic heterocycles. The van der Waals surface area contributed by atoms with Gasteiger partial charge in [0.15, 0.2) is 5.67 Å². The van der Waals surface area contributed by atoms with Crippen molar-refractivity contribution in [3.63, 3.8) is 0 Å². The van der Waals surface area contributed by atoms with Gasteiger partial charge in [0.25, 0.3) is 5.91 Å². The second-order valence-corrected chi connectivity index (χ2v) is 11.1. The SMILES string of the molecule is Nc1cc(CN2CCC(F)(C(=O)N3CCC(N4Cc5ccccc5Cc5ccccc54)CC3)CC2)ccn1.